The number of benzene rings is 1. The van der Waals surface area contributed by atoms with Crippen molar-refractivity contribution in [2.45, 2.75) is 25.8 Å². The molecule has 0 spiro atoms. The van der Waals surface area contributed by atoms with Gasteiger partial charge in [-0.1, -0.05) is 35.9 Å². The summed E-state index contributed by atoms with van der Waals surface area (Å²) in [5.74, 6) is -0.311. The van der Waals surface area contributed by atoms with Crippen molar-refractivity contribution in [2.75, 3.05) is 6.61 Å². The summed E-state index contributed by atoms with van der Waals surface area (Å²) < 4.78 is 1.46. The first-order valence-corrected chi connectivity index (χ1v) is 7.12. The summed E-state index contributed by atoms with van der Waals surface area (Å²) in [6.45, 7) is 1.98. The first-order valence-electron chi connectivity index (χ1n) is 6.74. The minimum atomic E-state index is -0.311. The molecule has 0 aliphatic carbocycles. The molecule has 1 unspecified atom stereocenters. The zero-order valence-corrected chi connectivity index (χ0v) is 12.4. The van der Waals surface area contributed by atoms with E-state index in [-0.39, 0.29) is 24.2 Å². The van der Waals surface area contributed by atoms with E-state index in [2.05, 4.69) is 15.6 Å². The van der Waals surface area contributed by atoms with Gasteiger partial charge in [0.15, 0.2) is 5.69 Å². The number of rotatable bonds is 6. The molecule has 1 aromatic carbocycles. The highest BCUT2D eigenvalue weighted by Gasteiger charge is 2.16. The van der Waals surface area contributed by atoms with Crippen LogP contribution in [0, 0.1) is 0 Å². The van der Waals surface area contributed by atoms with Gasteiger partial charge < -0.3 is 10.4 Å². The summed E-state index contributed by atoms with van der Waals surface area (Å²) in [5, 5.41) is 20.1. The van der Waals surface area contributed by atoms with Crippen LogP contribution >= 0.6 is 11.6 Å². The molecule has 1 amide bonds. The van der Waals surface area contributed by atoms with Crippen LogP contribution in [0.15, 0.2) is 30.5 Å². The topological polar surface area (TPSA) is 80.0 Å². The van der Waals surface area contributed by atoms with Crippen LogP contribution < -0.4 is 5.32 Å². The maximum atomic E-state index is 12.1. The Morgan fingerprint density at radius 1 is 1.48 bits per heavy atom. The van der Waals surface area contributed by atoms with Crippen molar-refractivity contribution < 1.29 is 9.90 Å². The quantitative estimate of drug-likeness (QED) is 0.853. The van der Waals surface area contributed by atoms with Crippen LogP contribution in [-0.4, -0.2) is 38.7 Å². The van der Waals surface area contributed by atoms with Crippen molar-refractivity contribution in [3.8, 4) is 5.69 Å². The second-order valence-corrected chi connectivity index (χ2v) is 5.00. The summed E-state index contributed by atoms with van der Waals surface area (Å²) in [5.41, 5.74) is 0.874. The van der Waals surface area contributed by atoms with Gasteiger partial charge in [-0.25, -0.2) is 4.68 Å². The van der Waals surface area contributed by atoms with Crippen LogP contribution in [0.25, 0.3) is 5.69 Å². The number of carbonyl (C=O) groups excluding carboxylic acids is 1. The summed E-state index contributed by atoms with van der Waals surface area (Å²) in [7, 11) is 0. The molecule has 0 radical (unpaired) electrons. The maximum Gasteiger partial charge on any atom is 0.273 e. The molecule has 0 fully saturated rings. The molecule has 0 aliphatic rings. The second-order valence-electron chi connectivity index (χ2n) is 4.59. The Kier molecular flexibility index (Phi) is 5.30. The number of hydrogen-bond acceptors (Lipinski definition) is 4. The Balaban J connectivity index is 2.13. The van der Waals surface area contributed by atoms with E-state index in [1.54, 1.807) is 12.1 Å². The Labute approximate surface area is 127 Å². The third kappa shape index (κ3) is 3.80. The van der Waals surface area contributed by atoms with Crippen LogP contribution in [0.2, 0.25) is 5.02 Å². The summed E-state index contributed by atoms with van der Waals surface area (Å²) in [4.78, 5) is 12.1. The van der Waals surface area contributed by atoms with E-state index in [9.17, 15) is 4.79 Å². The highest BCUT2D eigenvalue weighted by atomic mass is 35.5. The van der Waals surface area contributed by atoms with Crippen LogP contribution in [0.1, 0.15) is 30.3 Å². The van der Waals surface area contributed by atoms with Crippen molar-refractivity contribution in [1.82, 2.24) is 20.3 Å². The van der Waals surface area contributed by atoms with Gasteiger partial charge in [-0.05, 0) is 25.0 Å². The van der Waals surface area contributed by atoms with Gasteiger partial charge in [0.05, 0.1) is 16.9 Å². The van der Waals surface area contributed by atoms with E-state index in [1.165, 1.54) is 10.9 Å². The molecule has 1 atom stereocenters. The smallest absolute Gasteiger partial charge is 0.273 e. The monoisotopic (exact) mass is 308 g/mol. The Morgan fingerprint density at radius 2 is 2.24 bits per heavy atom. The third-order valence-electron chi connectivity index (χ3n) is 3.13. The van der Waals surface area contributed by atoms with E-state index < -0.39 is 0 Å². The molecule has 1 heterocycles. The van der Waals surface area contributed by atoms with Crippen molar-refractivity contribution in [3.05, 3.63) is 41.2 Å². The molecule has 0 saturated heterocycles. The standard InChI is InChI=1S/C14H17ClN4O2/c1-2-10(7-8-20)16-14(21)12-9-19(18-17-12)13-6-4-3-5-11(13)15/h3-6,9-10,20H,2,7-8H2,1H3,(H,16,21). The van der Waals surface area contributed by atoms with Gasteiger partial charge >= 0.3 is 0 Å². The number of nitrogens with zero attached hydrogens (tertiary/aromatic N) is 3. The summed E-state index contributed by atoms with van der Waals surface area (Å²) in [6.07, 6.45) is 2.79. The number of halogens is 1. The normalized spacial score (nSPS) is 12.1. The zero-order chi connectivity index (χ0) is 15.2. The van der Waals surface area contributed by atoms with Gasteiger partial charge in [-0.15, -0.1) is 5.10 Å². The average molecular weight is 309 g/mol. The van der Waals surface area contributed by atoms with Gasteiger partial charge in [0.1, 0.15) is 0 Å². The molecule has 1 aromatic heterocycles. The van der Waals surface area contributed by atoms with E-state index >= 15 is 0 Å². The first-order chi connectivity index (χ1) is 10.2. The van der Waals surface area contributed by atoms with Crippen molar-refractivity contribution >= 4 is 17.5 Å². The second kappa shape index (κ2) is 7.19. The number of aliphatic hydroxyl groups is 1. The van der Waals surface area contributed by atoms with Crippen LogP contribution in [0.5, 0.6) is 0 Å². The number of carbonyl (C=O) groups is 1. The third-order valence-corrected chi connectivity index (χ3v) is 3.45. The largest absolute Gasteiger partial charge is 0.396 e. The van der Waals surface area contributed by atoms with E-state index in [0.29, 0.717) is 17.1 Å². The lowest BCUT2D eigenvalue weighted by Gasteiger charge is -2.14. The van der Waals surface area contributed by atoms with Crippen molar-refractivity contribution in [1.29, 1.82) is 0 Å². The summed E-state index contributed by atoms with van der Waals surface area (Å²) in [6, 6.07) is 7.10. The van der Waals surface area contributed by atoms with Gasteiger partial charge in [0, 0.05) is 12.6 Å². The van der Waals surface area contributed by atoms with Gasteiger partial charge in [-0.2, -0.15) is 0 Å². The molecular weight excluding hydrogens is 292 g/mol. The Morgan fingerprint density at radius 3 is 2.90 bits per heavy atom. The Bertz CT molecular complexity index is 615. The van der Waals surface area contributed by atoms with E-state index in [0.717, 1.165) is 6.42 Å². The lowest BCUT2D eigenvalue weighted by atomic mass is 10.1. The van der Waals surface area contributed by atoms with Crippen molar-refractivity contribution in [2.24, 2.45) is 0 Å². The number of hydrogen-bond donors (Lipinski definition) is 2. The van der Waals surface area contributed by atoms with Crippen molar-refractivity contribution in [3.63, 3.8) is 0 Å². The molecule has 0 bridgehead atoms. The van der Waals surface area contributed by atoms with Gasteiger partial charge in [0.2, 0.25) is 0 Å². The fraction of sp³-hybridized carbons (Fsp3) is 0.357. The fourth-order valence-electron chi connectivity index (χ4n) is 1.92. The highest BCUT2D eigenvalue weighted by molar-refractivity contribution is 6.32. The van der Waals surface area contributed by atoms with Crippen LogP contribution in [0.4, 0.5) is 0 Å². The van der Waals surface area contributed by atoms with E-state index in [1.807, 2.05) is 19.1 Å². The van der Waals surface area contributed by atoms with Gasteiger partial charge in [0.25, 0.3) is 5.91 Å². The lowest BCUT2D eigenvalue weighted by molar-refractivity contribution is 0.0924. The molecule has 112 valence electrons. The summed E-state index contributed by atoms with van der Waals surface area (Å²) >= 11 is 6.08. The first kappa shape index (κ1) is 15.5. The minimum absolute atomic E-state index is 0.0328. The lowest BCUT2D eigenvalue weighted by Crippen LogP contribution is -2.35. The molecule has 6 nitrogen and oxygen atoms in total. The number of aromatic nitrogens is 3. The van der Waals surface area contributed by atoms with E-state index in [4.69, 9.17) is 16.7 Å². The molecule has 2 N–H and O–H groups in total. The van der Waals surface area contributed by atoms with Crippen LogP contribution in [-0.2, 0) is 0 Å². The predicted molar refractivity (Wildman–Crippen MR) is 79.6 cm³/mol. The highest BCUT2D eigenvalue weighted by Crippen LogP contribution is 2.18. The number of amides is 1. The SMILES string of the molecule is CCC(CCO)NC(=O)c1cn(-c2ccccc2Cl)nn1. The number of aliphatic hydroxyl groups excluding tert-OH is 1. The molecule has 7 heteroatoms. The molecule has 21 heavy (non-hydrogen) atoms. The number of nitrogens with one attached hydrogen (secondary N) is 1. The molecule has 2 rings (SSSR count). The predicted octanol–water partition coefficient (Wildman–Crippen LogP) is 1.81. The molecule has 0 saturated carbocycles. The minimum Gasteiger partial charge on any atom is -0.396 e. The molecule has 2 aromatic rings. The average Bonchev–Trinajstić information content (AvgIpc) is 2.97. The Hall–Kier alpha value is -1.92. The molecular formula is C14H17ClN4O2. The number of para-hydroxylation sites is 1. The van der Waals surface area contributed by atoms with Crippen LogP contribution in [0.3, 0.4) is 0 Å². The zero-order valence-electron chi connectivity index (χ0n) is 11.7. The maximum absolute atomic E-state index is 12.1. The molecule has 0 aliphatic heterocycles. The van der Waals surface area contributed by atoms with Gasteiger partial charge in [-0.3, -0.25) is 4.79 Å². The fourth-order valence-corrected chi connectivity index (χ4v) is 2.14.